The molecule has 0 atom stereocenters. The predicted molar refractivity (Wildman–Crippen MR) is 78.5 cm³/mol. The maximum atomic E-state index is 11.5. The summed E-state index contributed by atoms with van der Waals surface area (Å²) < 4.78 is 5.10. The van der Waals surface area contributed by atoms with Crippen molar-refractivity contribution in [2.75, 3.05) is 5.32 Å². The molecular weight excluding hydrogens is 264 g/mol. The second kappa shape index (κ2) is 5.88. The molecule has 0 saturated heterocycles. The van der Waals surface area contributed by atoms with Crippen LogP contribution in [-0.4, -0.2) is 21.8 Å². The maximum absolute atomic E-state index is 11.5. The van der Waals surface area contributed by atoms with Crippen molar-refractivity contribution in [3.05, 3.63) is 23.8 Å². The van der Waals surface area contributed by atoms with Crippen LogP contribution in [0, 0.1) is 0 Å². The Morgan fingerprint density at radius 3 is 2.58 bits per heavy atom. The second-order valence-electron chi connectivity index (χ2n) is 5.11. The molecule has 0 saturated carbocycles. The lowest BCUT2D eigenvalue weighted by Gasteiger charge is -2.19. The van der Waals surface area contributed by atoms with Crippen molar-refractivity contribution in [1.82, 2.24) is 0 Å². The summed E-state index contributed by atoms with van der Waals surface area (Å²) in [5.74, 6) is 0.0290. The SMILES string of the molecule is CC(C)(C)OC(=O)Nc1ccc(CC(N)=S)c(O)c1. The van der Waals surface area contributed by atoms with Gasteiger partial charge in [-0.05, 0) is 26.8 Å². The van der Waals surface area contributed by atoms with Crippen LogP contribution in [0.4, 0.5) is 10.5 Å². The molecule has 0 bridgehead atoms. The van der Waals surface area contributed by atoms with Gasteiger partial charge in [-0.3, -0.25) is 5.32 Å². The molecule has 1 amide bonds. The van der Waals surface area contributed by atoms with Gasteiger partial charge < -0.3 is 15.6 Å². The van der Waals surface area contributed by atoms with Crippen LogP contribution in [0.2, 0.25) is 0 Å². The van der Waals surface area contributed by atoms with Gasteiger partial charge in [-0.2, -0.15) is 0 Å². The number of ether oxygens (including phenoxy) is 1. The molecular formula is C13H18N2O3S. The zero-order valence-corrected chi connectivity index (χ0v) is 12.0. The van der Waals surface area contributed by atoms with E-state index in [9.17, 15) is 9.90 Å². The molecule has 1 rings (SSSR count). The molecule has 0 heterocycles. The van der Waals surface area contributed by atoms with E-state index in [1.807, 2.05) is 0 Å². The van der Waals surface area contributed by atoms with Crippen molar-refractivity contribution < 1.29 is 14.6 Å². The number of nitrogens with one attached hydrogen (secondary N) is 1. The number of rotatable bonds is 3. The molecule has 19 heavy (non-hydrogen) atoms. The molecule has 104 valence electrons. The van der Waals surface area contributed by atoms with Gasteiger partial charge in [0.15, 0.2) is 0 Å². The van der Waals surface area contributed by atoms with E-state index in [1.165, 1.54) is 6.07 Å². The number of thiocarbonyl (C=S) groups is 1. The highest BCUT2D eigenvalue weighted by Crippen LogP contribution is 2.23. The molecule has 4 N–H and O–H groups in total. The molecule has 0 radical (unpaired) electrons. The number of benzene rings is 1. The summed E-state index contributed by atoms with van der Waals surface area (Å²) in [6, 6.07) is 4.73. The second-order valence-corrected chi connectivity index (χ2v) is 5.64. The quantitative estimate of drug-likeness (QED) is 0.742. The van der Waals surface area contributed by atoms with Crippen molar-refractivity contribution in [2.45, 2.75) is 32.8 Å². The van der Waals surface area contributed by atoms with Gasteiger partial charge in [-0.15, -0.1) is 0 Å². The Kier molecular flexibility index (Phi) is 4.72. The van der Waals surface area contributed by atoms with Crippen LogP contribution in [-0.2, 0) is 11.2 Å². The van der Waals surface area contributed by atoms with Gasteiger partial charge in [-0.25, -0.2) is 4.79 Å². The number of phenolic OH excluding ortho intramolecular Hbond substituents is 1. The molecule has 0 fully saturated rings. The predicted octanol–water partition coefficient (Wildman–Crippen LogP) is 2.57. The minimum Gasteiger partial charge on any atom is -0.508 e. The normalized spacial score (nSPS) is 10.9. The first-order chi connectivity index (χ1) is 8.67. The third kappa shape index (κ3) is 5.56. The Labute approximate surface area is 117 Å². The Morgan fingerprint density at radius 2 is 2.11 bits per heavy atom. The van der Waals surface area contributed by atoms with Crippen LogP contribution in [0.5, 0.6) is 5.75 Å². The number of aromatic hydroxyl groups is 1. The van der Waals surface area contributed by atoms with E-state index in [4.69, 9.17) is 22.7 Å². The number of nitrogens with two attached hydrogens (primary N) is 1. The minimum atomic E-state index is -0.575. The van der Waals surface area contributed by atoms with E-state index in [0.717, 1.165) is 0 Å². The molecule has 1 aromatic rings. The first-order valence-corrected chi connectivity index (χ1v) is 6.18. The van der Waals surface area contributed by atoms with Gasteiger partial charge in [-0.1, -0.05) is 18.3 Å². The highest BCUT2D eigenvalue weighted by atomic mass is 32.1. The van der Waals surface area contributed by atoms with Crippen molar-refractivity contribution >= 4 is 29.0 Å². The number of phenols is 1. The highest BCUT2D eigenvalue weighted by Gasteiger charge is 2.16. The maximum Gasteiger partial charge on any atom is 0.412 e. The summed E-state index contributed by atoms with van der Waals surface area (Å²) in [6.45, 7) is 5.32. The Bertz CT molecular complexity index is 495. The number of carbonyl (C=O) groups is 1. The van der Waals surface area contributed by atoms with E-state index in [0.29, 0.717) is 22.7 Å². The van der Waals surface area contributed by atoms with Crippen LogP contribution < -0.4 is 11.1 Å². The van der Waals surface area contributed by atoms with Crippen LogP contribution in [0.15, 0.2) is 18.2 Å². The number of anilines is 1. The van der Waals surface area contributed by atoms with Crippen molar-refractivity contribution in [3.8, 4) is 5.75 Å². The van der Waals surface area contributed by atoms with E-state index < -0.39 is 11.7 Å². The lowest BCUT2D eigenvalue weighted by molar-refractivity contribution is 0.0636. The Morgan fingerprint density at radius 1 is 1.47 bits per heavy atom. The van der Waals surface area contributed by atoms with Gasteiger partial charge in [0.25, 0.3) is 0 Å². The van der Waals surface area contributed by atoms with Gasteiger partial charge in [0.2, 0.25) is 0 Å². The molecule has 0 spiro atoms. The van der Waals surface area contributed by atoms with Crippen molar-refractivity contribution in [2.24, 2.45) is 5.73 Å². The molecule has 1 aromatic carbocycles. The fraction of sp³-hybridized carbons (Fsp3) is 0.385. The minimum absolute atomic E-state index is 0.0290. The summed E-state index contributed by atoms with van der Waals surface area (Å²) in [5, 5.41) is 12.3. The zero-order chi connectivity index (χ0) is 14.6. The third-order valence-electron chi connectivity index (χ3n) is 2.10. The molecule has 0 aliphatic heterocycles. The van der Waals surface area contributed by atoms with Crippen LogP contribution in [0.3, 0.4) is 0 Å². The first kappa shape index (κ1) is 15.2. The average Bonchev–Trinajstić information content (AvgIpc) is 2.18. The van der Waals surface area contributed by atoms with Crippen LogP contribution in [0.1, 0.15) is 26.3 Å². The lowest BCUT2D eigenvalue weighted by atomic mass is 10.1. The van der Waals surface area contributed by atoms with Crippen molar-refractivity contribution in [3.63, 3.8) is 0 Å². The number of hydrogen-bond donors (Lipinski definition) is 3. The van der Waals surface area contributed by atoms with Crippen molar-refractivity contribution in [1.29, 1.82) is 0 Å². The summed E-state index contributed by atoms with van der Waals surface area (Å²) >= 11 is 4.78. The summed E-state index contributed by atoms with van der Waals surface area (Å²) in [7, 11) is 0. The van der Waals surface area contributed by atoms with Gasteiger partial charge in [0, 0.05) is 23.7 Å². The van der Waals surface area contributed by atoms with E-state index in [1.54, 1.807) is 32.9 Å². The third-order valence-corrected chi connectivity index (χ3v) is 2.24. The molecule has 5 nitrogen and oxygen atoms in total. The van der Waals surface area contributed by atoms with Gasteiger partial charge >= 0.3 is 6.09 Å². The molecule has 0 aliphatic carbocycles. The first-order valence-electron chi connectivity index (χ1n) is 5.77. The fourth-order valence-electron chi connectivity index (χ4n) is 1.40. The van der Waals surface area contributed by atoms with Gasteiger partial charge in [0.1, 0.15) is 11.4 Å². The molecule has 6 heteroatoms. The molecule has 0 aromatic heterocycles. The Balaban J connectivity index is 2.73. The standard InChI is InChI=1S/C13H18N2O3S/c1-13(2,3)18-12(17)15-9-5-4-8(6-11(14)19)10(16)7-9/h4-5,7,16H,6H2,1-3H3,(H2,14,19)(H,15,17). The molecule has 0 aliphatic rings. The van der Waals surface area contributed by atoms with Crippen LogP contribution in [0.25, 0.3) is 0 Å². The lowest BCUT2D eigenvalue weighted by Crippen LogP contribution is -2.27. The van der Waals surface area contributed by atoms with Gasteiger partial charge in [0.05, 0.1) is 4.99 Å². The highest BCUT2D eigenvalue weighted by molar-refractivity contribution is 7.80. The summed E-state index contributed by atoms with van der Waals surface area (Å²) in [6.07, 6.45) is -0.262. The fourth-order valence-corrected chi connectivity index (χ4v) is 1.56. The summed E-state index contributed by atoms with van der Waals surface area (Å²) in [4.78, 5) is 11.8. The van der Waals surface area contributed by atoms with E-state index in [2.05, 4.69) is 5.32 Å². The van der Waals surface area contributed by atoms with E-state index in [-0.39, 0.29) is 5.75 Å². The largest absolute Gasteiger partial charge is 0.508 e. The average molecular weight is 282 g/mol. The Hall–Kier alpha value is -1.82. The zero-order valence-electron chi connectivity index (χ0n) is 11.2. The smallest absolute Gasteiger partial charge is 0.412 e. The van der Waals surface area contributed by atoms with Crippen LogP contribution >= 0.6 is 12.2 Å². The molecule has 0 unspecified atom stereocenters. The van der Waals surface area contributed by atoms with E-state index >= 15 is 0 Å². The summed E-state index contributed by atoms with van der Waals surface area (Å²) in [5.41, 5.74) is 5.90. The monoisotopic (exact) mass is 282 g/mol. The topological polar surface area (TPSA) is 84.6 Å². The number of hydrogen-bond acceptors (Lipinski definition) is 4. The number of carbonyl (C=O) groups excluding carboxylic acids is 1. The number of amides is 1.